The molecule has 1 saturated carbocycles. The molecule has 0 unspecified atom stereocenters. The van der Waals surface area contributed by atoms with Crippen LogP contribution >= 0.6 is 0 Å². The van der Waals surface area contributed by atoms with Gasteiger partial charge in [-0.3, -0.25) is 19.3 Å². The summed E-state index contributed by atoms with van der Waals surface area (Å²) in [5.74, 6) is 0.0475. The van der Waals surface area contributed by atoms with Gasteiger partial charge in [0.2, 0.25) is 0 Å². The maximum absolute atomic E-state index is 12.9. The van der Waals surface area contributed by atoms with E-state index in [1.54, 1.807) is 19.2 Å². The van der Waals surface area contributed by atoms with E-state index >= 15 is 0 Å². The Morgan fingerprint density at radius 2 is 1.82 bits per heavy atom. The van der Waals surface area contributed by atoms with E-state index < -0.39 is 36.6 Å². The molecule has 1 aliphatic carbocycles. The molecule has 10 heteroatoms. The summed E-state index contributed by atoms with van der Waals surface area (Å²) in [5.41, 5.74) is -0.0939. The number of hydrogen-bond donors (Lipinski definition) is 1. The van der Waals surface area contributed by atoms with E-state index in [0.29, 0.717) is 43.3 Å². The highest BCUT2D eigenvalue weighted by Gasteiger charge is 2.52. The van der Waals surface area contributed by atoms with Crippen LogP contribution in [0.15, 0.2) is 18.2 Å². The molecule has 1 aromatic rings. The fraction of sp³-hybridized carbons (Fsp3) is 0.583. The molecule has 34 heavy (non-hydrogen) atoms. The van der Waals surface area contributed by atoms with Crippen LogP contribution in [0.1, 0.15) is 45.1 Å². The van der Waals surface area contributed by atoms with Crippen molar-refractivity contribution in [1.29, 1.82) is 0 Å². The molecule has 1 spiro atoms. The number of carbonyl (C=O) groups is 4. The van der Waals surface area contributed by atoms with Crippen LogP contribution in [0.25, 0.3) is 0 Å². The molecule has 1 saturated heterocycles. The standard InChI is InChI=1S/C24H33N3O7/c1-5-26(13-17-6-7-18(32-3)19(12-17)33-4)20(28)15-34-21(29)14-27-22(30)24(25-23(27)31)10-8-16(2)9-11-24/h6-7,12,16H,5,8-11,13-15H2,1-4H3,(H,25,31). The summed E-state index contributed by atoms with van der Waals surface area (Å²) in [6.45, 7) is 3.63. The lowest BCUT2D eigenvalue weighted by molar-refractivity contribution is -0.154. The van der Waals surface area contributed by atoms with Crippen LogP contribution in [0.4, 0.5) is 4.79 Å². The molecule has 4 amide bonds. The number of ether oxygens (including phenoxy) is 3. The molecule has 2 fully saturated rings. The third-order valence-electron chi connectivity index (χ3n) is 6.57. The second-order valence-electron chi connectivity index (χ2n) is 8.84. The van der Waals surface area contributed by atoms with Gasteiger partial charge in [-0.2, -0.15) is 0 Å². The smallest absolute Gasteiger partial charge is 0.326 e. The van der Waals surface area contributed by atoms with E-state index in [-0.39, 0.29) is 5.91 Å². The van der Waals surface area contributed by atoms with Crippen molar-refractivity contribution in [3.8, 4) is 11.5 Å². The van der Waals surface area contributed by atoms with E-state index in [9.17, 15) is 19.2 Å². The van der Waals surface area contributed by atoms with Crippen molar-refractivity contribution in [2.24, 2.45) is 5.92 Å². The molecular weight excluding hydrogens is 442 g/mol. The fourth-order valence-corrected chi connectivity index (χ4v) is 4.40. The van der Waals surface area contributed by atoms with Gasteiger partial charge in [0.15, 0.2) is 18.1 Å². The number of carbonyl (C=O) groups excluding carboxylic acids is 4. The number of likely N-dealkylation sites (N-methyl/N-ethyl adjacent to an activating group) is 1. The topological polar surface area (TPSA) is 114 Å². The Kier molecular flexibility index (Phi) is 8.01. The van der Waals surface area contributed by atoms with Crippen molar-refractivity contribution in [1.82, 2.24) is 15.1 Å². The Balaban J connectivity index is 1.53. The Labute approximate surface area is 199 Å². The number of rotatable bonds is 9. The highest BCUT2D eigenvalue weighted by Crippen LogP contribution is 2.36. The molecule has 0 bridgehead atoms. The fourth-order valence-electron chi connectivity index (χ4n) is 4.40. The summed E-state index contributed by atoms with van der Waals surface area (Å²) in [6.07, 6.45) is 2.80. The number of imide groups is 1. The highest BCUT2D eigenvalue weighted by molar-refractivity contribution is 6.08. The largest absolute Gasteiger partial charge is 0.493 e. The predicted octanol–water partition coefficient (Wildman–Crippen LogP) is 2.10. The first-order valence-corrected chi connectivity index (χ1v) is 11.5. The van der Waals surface area contributed by atoms with Crippen LogP contribution in [-0.4, -0.2) is 73.1 Å². The van der Waals surface area contributed by atoms with Crippen molar-refractivity contribution in [3.63, 3.8) is 0 Å². The molecule has 10 nitrogen and oxygen atoms in total. The number of esters is 1. The summed E-state index contributed by atoms with van der Waals surface area (Å²) in [7, 11) is 3.08. The highest BCUT2D eigenvalue weighted by atomic mass is 16.5. The monoisotopic (exact) mass is 475 g/mol. The first kappa shape index (κ1) is 25.3. The van der Waals surface area contributed by atoms with Gasteiger partial charge in [0.25, 0.3) is 11.8 Å². The van der Waals surface area contributed by atoms with Crippen LogP contribution in [0.3, 0.4) is 0 Å². The van der Waals surface area contributed by atoms with Crippen molar-refractivity contribution < 1.29 is 33.4 Å². The van der Waals surface area contributed by atoms with Crippen LogP contribution in [0.2, 0.25) is 0 Å². The lowest BCUT2D eigenvalue weighted by atomic mass is 9.77. The molecule has 1 aliphatic heterocycles. The number of nitrogens with zero attached hydrogens (tertiary/aromatic N) is 2. The molecule has 1 heterocycles. The van der Waals surface area contributed by atoms with Gasteiger partial charge >= 0.3 is 12.0 Å². The maximum Gasteiger partial charge on any atom is 0.326 e. The maximum atomic E-state index is 12.9. The molecule has 186 valence electrons. The Morgan fingerprint density at radius 1 is 1.15 bits per heavy atom. The second kappa shape index (κ2) is 10.8. The zero-order valence-electron chi connectivity index (χ0n) is 20.2. The molecule has 2 aliphatic rings. The number of amides is 4. The van der Waals surface area contributed by atoms with Crippen molar-refractivity contribution in [2.45, 2.75) is 51.6 Å². The SMILES string of the molecule is CCN(Cc1ccc(OC)c(OC)c1)C(=O)COC(=O)CN1C(=O)NC2(CCC(C)CC2)C1=O. The molecular formula is C24H33N3O7. The van der Waals surface area contributed by atoms with E-state index in [2.05, 4.69) is 12.2 Å². The average Bonchev–Trinajstić information content (AvgIpc) is 3.06. The first-order chi connectivity index (χ1) is 16.2. The molecule has 0 atom stereocenters. The number of urea groups is 1. The number of methoxy groups -OCH3 is 2. The molecule has 3 rings (SSSR count). The van der Waals surface area contributed by atoms with Crippen LogP contribution in [0.5, 0.6) is 11.5 Å². The van der Waals surface area contributed by atoms with Gasteiger partial charge in [-0.05, 0) is 56.2 Å². The van der Waals surface area contributed by atoms with Crippen LogP contribution < -0.4 is 14.8 Å². The minimum Gasteiger partial charge on any atom is -0.493 e. The van der Waals surface area contributed by atoms with Crippen LogP contribution in [-0.2, 0) is 25.7 Å². The summed E-state index contributed by atoms with van der Waals surface area (Å²) >= 11 is 0. The zero-order chi connectivity index (χ0) is 24.9. The molecule has 1 aromatic carbocycles. The van der Waals surface area contributed by atoms with Gasteiger partial charge in [0.05, 0.1) is 14.2 Å². The lowest BCUT2D eigenvalue weighted by Gasteiger charge is -2.33. The second-order valence-corrected chi connectivity index (χ2v) is 8.84. The summed E-state index contributed by atoms with van der Waals surface area (Å²) < 4.78 is 15.6. The Hall–Kier alpha value is -3.30. The summed E-state index contributed by atoms with van der Waals surface area (Å²) in [5, 5.41) is 2.77. The summed E-state index contributed by atoms with van der Waals surface area (Å²) in [4.78, 5) is 52.6. The van der Waals surface area contributed by atoms with Crippen molar-refractivity contribution in [3.05, 3.63) is 23.8 Å². The third kappa shape index (κ3) is 5.43. The normalized spacial score (nSPS) is 21.9. The van der Waals surface area contributed by atoms with E-state index in [0.717, 1.165) is 23.3 Å². The van der Waals surface area contributed by atoms with Crippen molar-refractivity contribution >= 4 is 23.8 Å². The number of hydrogen-bond acceptors (Lipinski definition) is 7. The van der Waals surface area contributed by atoms with Gasteiger partial charge in [0.1, 0.15) is 12.1 Å². The first-order valence-electron chi connectivity index (χ1n) is 11.5. The number of benzene rings is 1. The average molecular weight is 476 g/mol. The Bertz CT molecular complexity index is 940. The van der Waals surface area contributed by atoms with E-state index in [4.69, 9.17) is 14.2 Å². The molecule has 0 radical (unpaired) electrons. The van der Waals surface area contributed by atoms with Gasteiger partial charge in [-0.15, -0.1) is 0 Å². The lowest BCUT2D eigenvalue weighted by Crippen LogP contribution is -2.49. The van der Waals surface area contributed by atoms with E-state index in [1.807, 2.05) is 13.0 Å². The van der Waals surface area contributed by atoms with E-state index in [1.165, 1.54) is 12.0 Å². The zero-order valence-corrected chi connectivity index (χ0v) is 20.2. The van der Waals surface area contributed by atoms with Gasteiger partial charge in [-0.1, -0.05) is 13.0 Å². The van der Waals surface area contributed by atoms with Gasteiger partial charge in [0, 0.05) is 13.1 Å². The predicted molar refractivity (Wildman–Crippen MR) is 122 cm³/mol. The van der Waals surface area contributed by atoms with Gasteiger partial charge in [-0.25, -0.2) is 4.79 Å². The summed E-state index contributed by atoms with van der Waals surface area (Å²) in [6, 6.07) is 4.76. The number of nitrogens with one attached hydrogen (secondary N) is 1. The minimum atomic E-state index is -0.919. The van der Waals surface area contributed by atoms with Crippen LogP contribution in [0, 0.1) is 5.92 Å². The molecule has 1 N–H and O–H groups in total. The third-order valence-corrected chi connectivity index (χ3v) is 6.57. The molecule has 0 aromatic heterocycles. The van der Waals surface area contributed by atoms with Crippen molar-refractivity contribution in [2.75, 3.05) is 33.9 Å². The minimum absolute atomic E-state index is 0.293. The quantitative estimate of drug-likeness (QED) is 0.430. The van der Waals surface area contributed by atoms with Gasteiger partial charge < -0.3 is 24.4 Å². The Morgan fingerprint density at radius 3 is 2.44 bits per heavy atom.